The maximum absolute atomic E-state index is 12.3. The average molecular weight is 297 g/mol. The van der Waals surface area contributed by atoms with Crippen LogP contribution in [0.15, 0.2) is 12.7 Å². The van der Waals surface area contributed by atoms with Gasteiger partial charge in [0.1, 0.15) is 6.04 Å². The molecule has 1 amide bonds. The summed E-state index contributed by atoms with van der Waals surface area (Å²) >= 11 is 0. The van der Waals surface area contributed by atoms with E-state index in [1.807, 2.05) is 19.9 Å². The van der Waals surface area contributed by atoms with Gasteiger partial charge in [-0.1, -0.05) is 6.08 Å². The molecule has 1 saturated heterocycles. The summed E-state index contributed by atoms with van der Waals surface area (Å²) in [7, 11) is 1.36. The molecule has 0 radical (unpaired) electrons. The highest BCUT2D eigenvalue weighted by molar-refractivity contribution is 5.85. The van der Waals surface area contributed by atoms with Crippen molar-refractivity contribution in [3.8, 4) is 0 Å². The maximum atomic E-state index is 12.3. The van der Waals surface area contributed by atoms with Crippen LogP contribution in [0.2, 0.25) is 0 Å². The maximum Gasteiger partial charge on any atom is 0.328 e. The van der Waals surface area contributed by atoms with Gasteiger partial charge in [0.05, 0.1) is 25.7 Å². The van der Waals surface area contributed by atoms with Gasteiger partial charge in [0, 0.05) is 6.54 Å². The van der Waals surface area contributed by atoms with Crippen molar-refractivity contribution >= 4 is 11.9 Å². The monoisotopic (exact) mass is 297 g/mol. The van der Waals surface area contributed by atoms with E-state index in [0.29, 0.717) is 19.4 Å². The number of methoxy groups -OCH3 is 1. The second-order valence-corrected chi connectivity index (χ2v) is 5.60. The van der Waals surface area contributed by atoms with E-state index in [9.17, 15) is 9.59 Å². The molecule has 0 aromatic heterocycles. The number of carbonyl (C=O) groups is 2. The molecular weight excluding hydrogens is 270 g/mol. The summed E-state index contributed by atoms with van der Waals surface area (Å²) < 4.78 is 10.5. The molecule has 1 fully saturated rings. The van der Waals surface area contributed by atoms with Gasteiger partial charge in [0.15, 0.2) is 0 Å². The molecule has 0 spiro atoms. The first-order valence-electron chi connectivity index (χ1n) is 7.63. The molecule has 0 aliphatic carbocycles. The number of carbonyl (C=O) groups excluding carboxylic acids is 2. The molecule has 3 atom stereocenters. The summed E-state index contributed by atoms with van der Waals surface area (Å²) in [5.74, 6) is -0.361. The number of likely N-dealkylation sites (tertiary alicyclic amines) is 1. The van der Waals surface area contributed by atoms with E-state index in [-0.39, 0.29) is 24.1 Å². The highest BCUT2D eigenvalue weighted by Gasteiger charge is 2.35. The zero-order chi connectivity index (χ0) is 15.8. The third-order valence-electron chi connectivity index (χ3n) is 3.75. The number of ether oxygens (including phenoxy) is 2. The summed E-state index contributed by atoms with van der Waals surface area (Å²) in [4.78, 5) is 25.6. The number of hydrogen-bond donors (Lipinski definition) is 0. The standard InChI is InChI=1S/C16H27NO4/c1-5-6-8-12(2)21-13(3)11-15(18)17-10-7-9-14(17)16(19)20-4/h5,12-14H,1,6-11H2,2-4H3/t12-,13+,14+/m1/s1. The van der Waals surface area contributed by atoms with Crippen molar-refractivity contribution in [2.75, 3.05) is 13.7 Å². The van der Waals surface area contributed by atoms with E-state index in [0.717, 1.165) is 19.3 Å². The molecule has 1 heterocycles. The lowest BCUT2D eigenvalue weighted by molar-refractivity contribution is -0.152. The molecule has 21 heavy (non-hydrogen) atoms. The van der Waals surface area contributed by atoms with Crippen molar-refractivity contribution in [2.45, 2.75) is 64.2 Å². The van der Waals surface area contributed by atoms with Gasteiger partial charge in [0.2, 0.25) is 5.91 Å². The van der Waals surface area contributed by atoms with Crippen molar-refractivity contribution in [2.24, 2.45) is 0 Å². The average Bonchev–Trinajstić information content (AvgIpc) is 2.93. The predicted molar refractivity (Wildman–Crippen MR) is 80.8 cm³/mol. The smallest absolute Gasteiger partial charge is 0.328 e. The van der Waals surface area contributed by atoms with Crippen LogP contribution in [0.5, 0.6) is 0 Å². The molecule has 0 bridgehead atoms. The Balaban J connectivity index is 2.44. The van der Waals surface area contributed by atoms with Crippen LogP contribution in [0.4, 0.5) is 0 Å². The molecule has 5 nitrogen and oxygen atoms in total. The zero-order valence-corrected chi connectivity index (χ0v) is 13.3. The Bertz CT molecular complexity index is 369. The number of rotatable bonds is 8. The van der Waals surface area contributed by atoms with Crippen molar-refractivity contribution in [1.82, 2.24) is 4.90 Å². The van der Waals surface area contributed by atoms with Crippen LogP contribution in [0, 0.1) is 0 Å². The van der Waals surface area contributed by atoms with E-state index in [1.165, 1.54) is 7.11 Å². The van der Waals surface area contributed by atoms with Crippen molar-refractivity contribution in [1.29, 1.82) is 0 Å². The Morgan fingerprint density at radius 2 is 2.10 bits per heavy atom. The molecule has 0 saturated carbocycles. The molecule has 0 unspecified atom stereocenters. The lowest BCUT2D eigenvalue weighted by Crippen LogP contribution is -2.42. The molecule has 0 N–H and O–H groups in total. The van der Waals surface area contributed by atoms with Crippen LogP contribution in [0.1, 0.15) is 46.0 Å². The number of esters is 1. The summed E-state index contributed by atoms with van der Waals surface area (Å²) in [6.45, 7) is 8.20. The Hall–Kier alpha value is -1.36. The summed E-state index contributed by atoms with van der Waals surface area (Å²) in [5, 5.41) is 0. The van der Waals surface area contributed by atoms with E-state index >= 15 is 0 Å². The van der Waals surface area contributed by atoms with Crippen molar-refractivity contribution in [3.63, 3.8) is 0 Å². The fraction of sp³-hybridized carbons (Fsp3) is 0.750. The van der Waals surface area contributed by atoms with Crippen LogP contribution in [0.3, 0.4) is 0 Å². The molecule has 1 aliphatic heterocycles. The highest BCUT2D eigenvalue weighted by Crippen LogP contribution is 2.20. The largest absolute Gasteiger partial charge is 0.467 e. The van der Waals surface area contributed by atoms with Crippen LogP contribution < -0.4 is 0 Å². The second-order valence-electron chi connectivity index (χ2n) is 5.60. The third kappa shape index (κ3) is 5.50. The first-order valence-corrected chi connectivity index (χ1v) is 7.63. The Morgan fingerprint density at radius 1 is 1.38 bits per heavy atom. The Labute approximate surface area is 127 Å². The highest BCUT2D eigenvalue weighted by atomic mass is 16.5. The van der Waals surface area contributed by atoms with Gasteiger partial charge >= 0.3 is 5.97 Å². The van der Waals surface area contributed by atoms with Gasteiger partial charge < -0.3 is 14.4 Å². The lowest BCUT2D eigenvalue weighted by Gasteiger charge is -2.25. The van der Waals surface area contributed by atoms with Crippen LogP contribution in [-0.2, 0) is 19.1 Å². The summed E-state index contributed by atoms with van der Waals surface area (Å²) in [6, 6.07) is -0.423. The summed E-state index contributed by atoms with van der Waals surface area (Å²) in [5.41, 5.74) is 0. The molecule has 1 rings (SSSR count). The van der Waals surface area contributed by atoms with Crippen LogP contribution in [0.25, 0.3) is 0 Å². The number of hydrogen-bond acceptors (Lipinski definition) is 4. The lowest BCUT2D eigenvalue weighted by atomic mass is 10.2. The number of nitrogens with zero attached hydrogens (tertiary/aromatic N) is 1. The minimum absolute atomic E-state index is 0.0358. The zero-order valence-electron chi connectivity index (χ0n) is 13.3. The Morgan fingerprint density at radius 3 is 2.71 bits per heavy atom. The third-order valence-corrected chi connectivity index (χ3v) is 3.75. The first-order chi connectivity index (χ1) is 9.99. The van der Waals surface area contributed by atoms with E-state index in [2.05, 4.69) is 6.58 Å². The minimum atomic E-state index is -0.423. The van der Waals surface area contributed by atoms with Gasteiger partial charge in [0.25, 0.3) is 0 Å². The number of allylic oxidation sites excluding steroid dienone is 1. The number of amides is 1. The van der Waals surface area contributed by atoms with Gasteiger partial charge in [-0.05, 0) is 39.5 Å². The van der Waals surface area contributed by atoms with Crippen molar-refractivity contribution in [3.05, 3.63) is 12.7 Å². The molecular formula is C16H27NO4. The van der Waals surface area contributed by atoms with Crippen LogP contribution in [-0.4, -0.2) is 48.7 Å². The molecule has 120 valence electrons. The van der Waals surface area contributed by atoms with Gasteiger partial charge in [-0.3, -0.25) is 4.79 Å². The minimum Gasteiger partial charge on any atom is -0.467 e. The molecule has 1 aliphatic rings. The van der Waals surface area contributed by atoms with Gasteiger partial charge in [-0.25, -0.2) is 4.79 Å². The van der Waals surface area contributed by atoms with Gasteiger partial charge in [-0.15, -0.1) is 6.58 Å². The van der Waals surface area contributed by atoms with E-state index in [4.69, 9.17) is 9.47 Å². The topological polar surface area (TPSA) is 55.8 Å². The summed E-state index contributed by atoms with van der Waals surface area (Å²) in [6.07, 6.45) is 5.43. The normalized spacial score (nSPS) is 20.9. The van der Waals surface area contributed by atoms with E-state index < -0.39 is 6.04 Å². The molecule has 0 aromatic rings. The van der Waals surface area contributed by atoms with E-state index in [1.54, 1.807) is 4.90 Å². The SMILES string of the molecule is C=CCC[C@@H](C)O[C@@H](C)CC(=O)N1CCC[C@H]1C(=O)OC. The fourth-order valence-corrected chi connectivity index (χ4v) is 2.67. The molecule has 0 aromatic carbocycles. The Kier molecular flexibility index (Phi) is 7.43. The molecule has 5 heteroatoms. The van der Waals surface area contributed by atoms with Gasteiger partial charge in [-0.2, -0.15) is 0 Å². The van der Waals surface area contributed by atoms with Crippen molar-refractivity contribution < 1.29 is 19.1 Å². The first kappa shape index (κ1) is 17.7. The fourth-order valence-electron chi connectivity index (χ4n) is 2.67. The quantitative estimate of drug-likeness (QED) is 0.509. The van der Waals surface area contributed by atoms with Crippen LogP contribution >= 0.6 is 0 Å². The predicted octanol–water partition coefficient (Wildman–Crippen LogP) is 2.30. The second kappa shape index (κ2) is 8.82.